The second kappa shape index (κ2) is 6.50. The lowest BCUT2D eigenvalue weighted by atomic mass is 10.0. The molecule has 2 rings (SSSR count). The Morgan fingerprint density at radius 1 is 1.40 bits per heavy atom. The summed E-state index contributed by atoms with van der Waals surface area (Å²) in [7, 11) is 0. The third kappa shape index (κ3) is 3.56. The van der Waals surface area contributed by atoms with E-state index in [1.165, 1.54) is 0 Å². The second-order valence-corrected chi connectivity index (χ2v) is 5.43. The van der Waals surface area contributed by atoms with Crippen molar-refractivity contribution in [2.45, 2.75) is 38.6 Å². The van der Waals surface area contributed by atoms with Gasteiger partial charge in [0.05, 0.1) is 6.04 Å². The van der Waals surface area contributed by atoms with Crippen molar-refractivity contribution in [3.05, 3.63) is 30.1 Å². The molecule has 20 heavy (non-hydrogen) atoms. The number of hydrogen-bond acceptors (Lipinski definition) is 3. The van der Waals surface area contributed by atoms with E-state index in [-0.39, 0.29) is 24.3 Å². The maximum Gasteiger partial charge on any atom is 0.303 e. The van der Waals surface area contributed by atoms with Crippen molar-refractivity contribution in [2.75, 3.05) is 6.54 Å². The van der Waals surface area contributed by atoms with E-state index in [2.05, 4.69) is 4.98 Å². The van der Waals surface area contributed by atoms with Crippen LogP contribution < -0.4 is 0 Å². The monoisotopic (exact) mass is 276 g/mol. The van der Waals surface area contributed by atoms with Crippen LogP contribution in [0.3, 0.4) is 0 Å². The first-order chi connectivity index (χ1) is 9.58. The molecule has 0 saturated carbocycles. The lowest BCUT2D eigenvalue weighted by molar-refractivity contribution is -0.138. The highest BCUT2D eigenvalue weighted by molar-refractivity contribution is 5.78. The number of aromatic nitrogens is 1. The van der Waals surface area contributed by atoms with E-state index in [4.69, 9.17) is 5.11 Å². The van der Waals surface area contributed by atoms with Gasteiger partial charge in [-0.15, -0.1) is 0 Å². The number of amides is 1. The van der Waals surface area contributed by atoms with E-state index in [0.717, 1.165) is 24.9 Å². The predicted molar refractivity (Wildman–Crippen MR) is 74.0 cm³/mol. The zero-order chi connectivity index (χ0) is 14.5. The van der Waals surface area contributed by atoms with Crippen molar-refractivity contribution in [1.29, 1.82) is 0 Å². The number of carboxylic acid groups (broad SMARTS) is 1. The minimum absolute atomic E-state index is 0.0412. The third-order valence-corrected chi connectivity index (χ3v) is 3.71. The molecular formula is C15H20N2O3. The molecular weight excluding hydrogens is 256 g/mol. The van der Waals surface area contributed by atoms with E-state index in [0.29, 0.717) is 6.42 Å². The van der Waals surface area contributed by atoms with Gasteiger partial charge in [0.1, 0.15) is 0 Å². The number of rotatable bonds is 5. The molecule has 1 aromatic heterocycles. The van der Waals surface area contributed by atoms with Crippen LogP contribution >= 0.6 is 0 Å². The van der Waals surface area contributed by atoms with Gasteiger partial charge in [-0.2, -0.15) is 0 Å². The summed E-state index contributed by atoms with van der Waals surface area (Å²) in [6, 6.07) is 4.00. The standard InChI is InChI=1S/C15H20N2O3/c1-11(10-15(19)20)9-14(18)17-8-2-3-13(17)12-4-6-16-7-5-12/h4-7,11,13H,2-3,8-10H2,1H3,(H,19,20). The first-order valence-corrected chi connectivity index (χ1v) is 6.99. The number of carboxylic acids is 1. The molecule has 0 aromatic carbocycles. The zero-order valence-corrected chi connectivity index (χ0v) is 11.7. The van der Waals surface area contributed by atoms with Crippen molar-refractivity contribution in [3.8, 4) is 0 Å². The van der Waals surface area contributed by atoms with E-state index in [1.807, 2.05) is 24.0 Å². The van der Waals surface area contributed by atoms with Crippen molar-refractivity contribution in [3.63, 3.8) is 0 Å². The molecule has 1 N–H and O–H groups in total. The minimum atomic E-state index is -0.850. The van der Waals surface area contributed by atoms with Gasteiger partial charge >= 0.3 is 5.97 Å². The van der Waals surface area contributed by atoms with Gasteiger partial charge in [-0.25, -0.2) is 0 Å². The van der Waals surface area contributed by atoms with E-state index in [9.17, 15) is 9.59 Å². The normalized spacial score (nSPS) is 19.9. The Kier molecular flexibility index (Phi) is 4.71. The molecule has 1 fully saturated rings. The summed E-state index contributed by atoms with van der Waals surface area (Å²) in [6.45, 7) is 2.56. The number of likely N-dealkylation sites (tertiary alicyclic amines) is 1. The Hall–Kier alpha value is -1.91. The topological polar surface area (TPSA) is 70.5 Å². The molecule has 5 nitrogen and oxygen atoms in total. The minimum Gasteiger partial charge on any atom is -0.481 e. The van der Waals surface area contributed by atoms with E-state index < -0.39 is 5.97 Å². The number of nitrogens with zero attached hydrogens (tertiary/aromatic N) is 2. The third-order valence-electron chi connectivity index (χ3n) is 3.71. The van der Waals surface area contributed by atoms with Gasteiger partial charge in [0, 0.05) is 31.8 Å². The molecule has 1 saturated heterocycles. The molecule has 0 spiro atoms. The Morgan fingerprint density at radius 2 is 2.10 bits per heavy atom. The summed E-state index contributed by atoms with van der Waals surface area (Å²) >= 11 is 0. The summed E-state index contributed by atoms with van der Waals surface area (Å²) in [6.07, 6.45) is 5.77. The Bertz CT molecular complexity index is 475. The van der Waals surface area contributed by atoms with Gasteiger partial charge in [0.2, 0.25) is 5.91 Å². The average Bonchev–Trinajstić information content (AvgIpc) is 2.87. The van der Waals surface area contributed by atoms with Crippen LogP contribution in [-0.4, -0.2) is 33.4 Å². The van der Waals surface area contributed by atoms with Crippen molar-refractivity contribution >= 4 is 11.9 Å². The van der Waals surface area contributed by atoms with Crippen LogP contribution in [0.25, 0.3) is 0 Å². The molecule has 1 amide bonds. The summed E-state index contributed by atoms with van der Waals surface area (Å²) in [5.74, 6) is -0.922. The van der Waals surface area contributed by atoms with Crippen molar-refractivity contribution in [2.24, 2.45) is 5.92 Å². The fourth-order valence-electron chi connectivity index (χ4n) is 2.78. The predicted octanol–water partition coefficient (Wildman–Crippen LogP) is 2.25. The van der Waals surface area contributed by atoms with E-state index in [1.54, 1.807) is 12.4 Å². The lowest BCUT2D eigenvalue weighted by Gasteiger charge is -2.26. The number of carbonyl (C=O) groups excluding carboxylic acids is 1. The maximum atomic E-state index is 12.3. The van der Waals surface area contributed by atoms with Gasteiger partial charge < -0.3 is 10.0 Å². The molecule has 0 bridgehead atoms. The lowest BCUT2D eigenvalue weighted by Crippen LogP contribution is -2.31. The largest absolute Gasteiger partial charge is 0.481 e. The van der Waals surface area contributed by atoms with Gasteiger partial charge in [0.25, 0.3) is 0 Å². The SMILES string of the molecule is CC(CC(=O)O)CC(=O)N1CCCC1c1ccncc1. The molecule has 2 heterocycles. The highest BCUT2D eigenvalue weighted by Gasteiger charge is 2.30. The Morgan fingerprint density at radius 3 is 2.75 bits per heavy atom. The quantitative estimate of drug-likeness (QED) is 0.895. The van der Waals surface area contributed by atoms with E-state index >= 15 is 0 Å². The highest BCUT2D eigenvalue weighted by atomic mass is 16.4. The van der Waals surface area contributed by atoms with Crippen molar-refractivity contribution < 1.29 is 14.7 Å². The first kappa shape index (κ1) is 14.5. The van der Waals surface area contributed by atoms with Crippen molar-refractivity contribution in [1.82, 2.24) is 9.88 Å². The van der Waals surface area contributed by atoms with Crippen LogP contribution in [0.15, 0.2) is 24.5 Å². The first-order valence-electron chi connectivity index (χ1n) is 6.99. The maximum absolute atomic E-state index is 12.3. The fraction of sp³-hybridized carbons (Fsp3) is 0.533. The fourth-order valence-corrected chi connectivity index (χ4v) is 2.78. The molecule has 5 heteroatoms. The molecule has 1 aliphatic heterocycles. The molecule has 1 aliphatic rings. The van der Waals surface area contributed by atoms with Gasteiger partial charge in [0.15, 0.2) is 0 Å². The number of carbonyl (C=O) groups is 2. The summed E-state index contributed by atoms with van der Waals surface area (Å²) in [5, 5.41) is 8.76. The molecule has 0 aliphatic carbocycles. The second-order valence-electron chi connectivity index (χ2n) is 5.43. The van der Waals surface area contributed by atoms with Crippen LogP contribution in [-0.2, 0) is 9.59 Å². The molecule has 1 aromatic rings. The molecule has 2 unspecified atom stereocenters. The smallest absolute Gasteiger partial charge is 0.303 e. The molecule has 108 valence electrons. The average molecular weight is 276 g/mol. The Balaban J connectivity index is 2.00. The van der Waals surface area contributed by atoms with Gasteiger partial charge in [-0.3, -0.25) is 14.6 Å². The van der Waals surface area contributed by atoms with Crippen LogP contribution in [0.4, 0.5) is 0 Å². The van der Waals surface area contributed by atoms with Crippen LogP contribution in [0, 0.1) is 5.92 Å². The highest BCUT2D eigenvalue weighted by Crippen LogP contribution is 2.32. The Labute approximate surface area is 118 Å². The van der Waals surface area contributed by atoms with Crippen LogP contribution in [0.1, 0.15) is 44.2 Å². The molecule has 2 atom stereocenters. The summed E-state index contributed by atoms with van der Waals surface area (Å²) < 4.78 is 0. The summed E-state index contributed by atoms with van der Waals surface area (Å²) in [4.78, 5) is 28.9. The zero-order valence-electron chi connectivity index (χ0n) is 11.7. The number of pyridine rings is 1. The van der Waals surface area contributed by atoms with Gasteiger partial charge in [-0.05, 0) is 36.5 Å². The number of hydrogen-bond donors (Lipinski definition) is 1. The van der Waals surface area contributed by atoms with Crippen LogP contribution in [0.2, 0.25) is 0 Å². The van der Waals surface area contributed by atoms with Crippen LogP contribution in [0.5, 0.6) is 0 Å². The summed E-state index contributed by atoms with van der Waals surface area (Å²) in [5.41, 5.74) is 1.11. The number of aliphatic carboxylic acids is 1. The molecule has 0 radical (unpaired) electrons. The van der Waals surface area contributed by atoms with Gasteiger partial charge in [-0.1, -0.05) is 6.92 Å².